The zero-order valence-corrected chi connectivity index (χ0v) is 11.5. The molecule has 17 heavy (non-hydrogen) atoms. The van der Waals surface area contributed by atoms with E-state index in [1.165, 1.54) is 0 Å². The van der Waals surface area contributed by atoms with Gasteiger partial charge in [-0.05, 0) is 26.0 Å². The summed E-state index contributed by atoms with van der Waals surface area (Å²) >= 11 is 3.45. The van der Waals surface area contributed by atoms with Crippen molar-refractivity contribution < 1.29 is 5.11 Å². The molecule has 0 saturated carbocycles. The quantitative estimate of drug-likeness (QED) is 0.945. The molecule has 0 unspecified atom stereocenters. The van der Waals surface area contributed by atoms with Gasteiger partial charge in [-0.1, -0.05) is 28.1 Å². The predicted molar refractivity (Wildman–Crippen MR) is 71.7 cm³/mol. The standard InChI is InChI=1S/C13H15BrN2O/c1-13(2,17)9-16-7-6-15-12(16)10-4-3-5-11(14)8-10/h3-8,17H,9H2,1-2H3. The summed E-state index contributed by atoms with van der Waals surface area (Å²) < 4.78 is 2.98. The molecule has 0 radical (unpaired) electrons. The molecule has 0 aliphatic heterocycles. The zero-order chi connectivity index (χ0) is 12.5. The molecule has 0 bridgehead atoms. The fourth-order valence-corrected chi connectivity index (χ4v) is 2.14. The Kier molecular flexibility index (Phi) is 3.35. The van der Waals surface area contributed by atoms with Crippen LogP contribution in [0.2, 0.25) is 0 Å². The average molecular weight is 295 g/mol. The second-order valence-electron chi connectivity index (χ2n) is 4.70. The van der Waals surface area contributed by atoms with Crippen molar-refractivity contribution in [2.75, 3.05) is 0 Å². The Labute approximate surface area is 109 Å². The van der Waals surface area contributed by atoms with Crippen molar-refractivity contribution in [1.29, 1.82) is 0 Å². The molecule has 1 aromatic heterocycles. The second kappa shape index (κ2) is 4.63. The van der Waals surface area contributed by atoms with E-state index in [0.717, 1.165) is 15.9 Å². The van der Waals surface area contributed by atoms with Crippen LogP contribution in [0.15, 0.2) is 41.1 Å². The van der Waals surface area contributed by atoms with E-state index in [4.69, 9.17) is 0 Å². The highest BCUT2D eigenvalue weighted by atomic mass is 79.9. The number of halogens is 1. The number of aliphatic hydroxyl groups is 1. The molecule has 0 aliphatic rings. The van der Waals surface area contributed by atoms with Crippen LogP contribution in [0.25, 0.3) is 11.4 Å². The molecule has 0 spiro atoms. The Hall–Kier alpha value is -1.13. The van der Waals surface area contributed by atoms with Crippen molar-refractivity contribution in [3.8, 4) is 11.4 Å². The molecule has 0 aliphatic carbocycles. The third-order valence-corrected chi connectivity index (χ3v) is 2.85. The molecular weight excluding hydrogens is 280 g/mol. The van der Waals surface area contributed by atoms with E-state index in [1.807, 2.05) is 35.0 Å². The minimum atomic E-state index is -0.749. The molecule has 2 aromatic rings. The van der Waals surface area contributed by atoms with Gasteiger partial charge in [-0.3, -0.25) is 0 Å². The topological polar surface area (TPSA) is 38.0 Å². The lowest BCUT2D eigenvalue weighted by Gasteiger charge is -2.19. The van der Waals surface area contributed by atoms with E-state index in [9.17, 15) is 5.11 Å². The summed E-state index contributed by atoms with van der Waals surface area (Å²) in [7, 11) is 0. The minimum absolute atomic E-state index is 0.523. The first kappa shape index (κ1) is 12.3. The van der Waals surface area contributed by atoms with Gasteiger partial charge in [-0.15, -0.1) is 0 Å². The van der Waals surface area contributed by atoms with Crippen molar-refractivity contribution in [2.45, 2.75) is 26.0 Å². The number of rotatable bonds is 3. The summed E-state index contributed by atoms with van der Waals surface area (Å²) in [5.41, 5.74) is 0.287. The zero-order valence-electron chi connectivity index (χ0n) is 9.89. The SMILES string of the molecule is CC(C)(O)Cn1ccnc1-c1cccc(Br)c1. The van der Waals surface area contributed by atoms with Crippen LogP contribution in [-0.4, -0.2) is 20.3 Å². The van der Waals surface area contributed by atoms with Crippen molar-refractivity contribution in [1.82, 2.24) is 9.55 Å². The molecule has 3 nitrogen and oxygen atoms in total. The molecule has 4 heteroatoms. The summed E-state index contributed by atoms with van der Waals surface area (Å²) in [6, 6.07) is 7.98. The van der Waals surface area contributed by atoms with Crippen molar-refractivity contribution >= 4 is 15.9 Å². The number of benzene rings is 1. The summed E-state index contributed by atoms with van der Waals surface area (Å²) in [6.07, 6.45) is 3.64. The van der Waals surface area contributed by atoms with Gasteiger partial charge in [0.25, 0.3) is 0 Å². The van der Waals surface area contributed by atoms with Gasteiger partial charge >= 0.3 is 0 Å². The van der Waals surface area contributed by atoms with Gasteiger partial charge in [0.15, 0.2) is 0 Å². The summed E-state index contributed by atoms with van der Waals surface area (Å²) in [5.74, 6) is 0.869. The normalized spacial score (nSPS) is 11.8. The second-order valence-corrected chi connectivity index (χ2v) is 5.62. The van der Waals surface area contributed by atoms with Gasteiger partial charge in [-0.25, -0.2) is 4.98 Å². The molecule has 0 atom stereocenters. The average Bonchev–Trinajstić information content (AvgIpc) is 2.63. The molecule has 1 N–H and O–H groups in total. The smallest absolute Gasteiger partial charge is 0.140 e. The fraction of sp³-hybridized carbons (Fsp3) is 0.308. The molecule has 0 fully saturated rings. The maximum Gasteiger partial charge on any atom is 0.140 e. The molecule has 1 aromatic carbocycles. The predicted octanol–water partition coefficient (Wildman–Crippen LogP) is 3.08. The van der Waals surface area contributed by atoms with Crippen LogP contribution >= 0.6 is 15.9 Å². The van der Waals surface area contributed by atoms with Crippen LogP contribution in [-0.2, 0) is 6.54 Å². The van der Waals surface area contributed by atoms with E-state index in [0.29, 0.717) is 6.54 Å². The van der Waals surface area contributed by atoms with Gasteiger partial charge in [0.2, 0.25) is 0 Å². The molecule has 90 valence electrons. The first-order valence-electron chi connectivity index (χ1n) is 5.45. The largest absolute Gasteiger partial charge is 0.389 e. The number of imidazole rings is 1. The minimum Gasteiger partial charge on any atom is -0.389 e. The fourth-order valence-electron chi connectivity index (χ4n) is 1.74. The van der Waals surface area contributed by atoms with E-state index >= 15 is 0 Å². The van der Waals surface area contributed by atoms with E-state index in [-0.39, 0.29) is 0 Å². The third kappa shape index (κ3) is 3.17. The van der Waals surface area contributed by atoms with Gasteiger partial charge in [0.05, 0.1) is 12.1 Å². The van der Waals surface area contributed by atoms with E-state index < -0.39 is 5.60 Å². The van der Waals surface area contributed by atoms with E-state index in [2.05, 4.69) is 20.9 Å². The van der Waals surface area contributed by atoms with Crippen LogP contribution in [0.4, 0.5) is 0 Å². The van der Waals surface area contributed by atoms with Crippen LogP contribution in [0.3, 0.4) is 0 Å². The Morgan fingerprint density at radius 3 is 2.82 bits per heavy atom. The molecule has 0 amide bonds. The number of nitrogens with zero attached hydrogens (tertiary/aromatic N) is 2. The first-order chi connectivity index (χ1) is 7.96. The van der Waals surface area contributed by atoms with Crippen LogP contribution in [0.5, 0.6) is 0 Å². The Balaban J connectivity index is 2.37. The molecule has 0 saturated heterocycles. The van der Waals surface area contributed by atoms with Crippen molar-refractivity contribution in [3.63, 3.8) is 0 Å². The highest BCUT2D eigenvalue weighted by Crippen LogP contribution is 2.22. The highest BCUT2D eigenvalue weighted by molar-refractivity contribution is 9.10. The number of aromatic nitrogens is 2. The lowest BCUT2D eigenvalue weighted by Crippen LogP contribution is -2.26. The maximum absolute atomic E-state index is 9.86. The van der Waals surface area contributed by atoms with Crippen molar-refractivity contribution in [3.05, 3.63) is 41.1 Å². The van der Waals surface area contributed by atoms with Crippen molar-refractivity contribution in [2.24, 2.45) is 0 Å². The Bertz CT molecular complexity index is 514. The van der Waals surface area contributed by atoms with E-state index in [1.54, 1.807) is 20.0 Å². The summed E-state index contributed by atoms with van der Waals surface area (Å²) in [4.78, 5) is 4.34. The Morgan fingerprint density at radius 2 is 2.18 bits per heavy atom. The molecule has 1 heterocycles. The van der Waals surface area contributed by atoms with Gasteiger partial charge in [0.1, 0.15) is 5.82 Å². The monoisotopic (exact) mass is 294 g/mol. The third-order valence-electron chi connectivity index (χ3n) is 2.36. The summed E-state index contributed by atoms with van der Waals surface area (Å²) in [6.45, 7) is 4.10. The lowest BCUT2D eigenvalue weighted by atomic mass is 10.1. The van der Waals surface area contributed by atoms with Gasteiger partial charge < -0.3 is 9.67 Å². The maximum atomic E-state index is 9.86. The summed E-state index contributed by atoms with van der Waals surface area (Å²) in [5, 5.41) is 9.86. The molecule has 2 rings (SSSR count). The van der Waals surface area contributed by atoms with Crippen LogP contribution < -0.4 is 0 Å². The number of hydrogen-bond donors (Lipinski definition) is 1. The van der Waals surface area contributed by atoms with Gasteiger partial charge in [-0.2, -0.15) is 0 Å². The highest BCUT2D eigenvalue weighted by Gasteiger charge is 2.16. The number of hydrogen-bond acceptors (Lipinski definition) is 2. The molecular formula is C13H15BrN2O. The lowest BCUT2D eigenvalue weighted by molar-refractivity contribution is 0.0620. The first-order valence-corrected chi connectivity index (χ1v) is 6.24. The Morgan fingerprint density at radius 1 is 1.41 bits per heavy atom. The van der Waals surface area contributed by atoms with Crippen LogP contribution in [0.1, 0.15) is 13.8 Å². The van der Waals surface area contributed by atoms with Gasteiger partial charge in [0, 0.05) is 22.4 Å². The van der Waals surface area contributed by atoms with Crippen LogP contribution in [0, 0.1) is 0 Å².